The van der Waals surface area contributed by atoms with Gasteiger partial charge in [-0.15, -0.1) is 0 Å². The number of amides is 1. The van der Waals surface area contributed by atoms with E-state index in [4.69, 9.17) is 5.73 Å². The third-order valence-electron chi connectivity index (χ3n) is 6.16. The molecule has 1 aromatic heterocycles. The van der Waals surface area contributed by atoms with Gasteiger partial charge in [0.15, 0.2) is 0 Å². The fourth-order valence-electron chi connectivity index (χ4n) is 4.38. The van der Waals surface area contributed by atoms with E-state index >= 15 is 4.39 Å². The number of hydrogen-bond donors (Lipinski definition) is 3. The lowest BCUT2D eigenvalue weighted by Crippen LogP contribution is -2.51. The summed E-state index contributed by atoms with van der Waals surface area (Å²) in [5.41, 5.74) is 3.74. The zero-order valence-corrected chi connectivity index (χ0v) is 18.1. The Morgan fingerprint density at radius 2 is 1.97 bits per heavy atom. The molecule has 4 rings (SSSR count). The highest BCUT2D eigenvalue weighted by atomic mass is 19.1. The van der Waals surface area contributed by atoms with E-state index in [2.05, 4.69) is 10.3 Å². The molecule has 1 heterocycles. The number of aromatic nitrogens is 1. The summed E-state index contributed by atoms with van der Waals surface area (Å²) in [5, 5.41) is 14.1. The molecule has 4 N–H and O–H groups in total. The molecular weight excluding hydrogens is 440 g/mol. The Morgan fingerprint density at radius 1 is 1.18 bits per heavy atom. The van der Waals surface area contributed by atoms with E-state index in [1.165, 1.54) is 30.4 Å². The molecule has 0 saturated carbocycles. The fourth-order valence-corrected chi connectivity index (χ4v) is 4.38. The van der Waals surface area contributed by atoms with Crippen LogP contribution in [0.15, 0.2) is 84.7 Å². The summed E-state index contributed by atoms with van der Waals surface area (Å²) < 4.78 is 31.0. The molecule has 0 aliphatic heterocycles. The Balaban J connectivity index is 1.67. The molecule has 3 aromatic rings. The van der Waals surface area contributed by atoms with Gasteiger partial charge >= 0.3 is 5.97 Å². The van der Waals surface area contributed by atoms with Gasteiger partial charge in [-0.2, -0.15) is 0 Å². The molecule has 6 nitrogen and oxygen atoms in total. The number of hydrogen-bond acceptors (Lipinski definition) is 4. The molecule has 3 unspecified atom stereocenters. The second-order valence-corrected chi connectivity index (χ2v) is 8.18. The number of allylic oxidation sites excluding steroid dienone is 3. The number of fused-ring (bicyclic) bond motifs is 1. The normalized spacial score (nSPS) is 20.6. The number of carbonyl (C=O) groups excluding carboxylic acids is 1. The Morgan fingerprint density at radius 3 is 2.71 bits per heavy atom. The number of alkyl halides is 1. The molecule has 8 heteroatoms. The van der Waals surface area contributed by atoms with Crippen molar-refractivity contribution in [3.05, 3.63) is 96.1 Å². The summed E-state index contributed by atoms with van der Waals surface area (Å²) in [6.07, 6.45) is 6.73. The molecule has 0 fully saturated rings. The highest BCUT2D eigenvalue weighted by Crippen LogP contribution is 2.42. The van der Waals surface area contributed by atoms with Gasteiger partial charge in [-0.1, -0.05) is 36.4 Å². The highest BCUT2D eigenvalue weighted by Gasteiger charge is 2.51. The Bertz CT molecular complexity index is 1310. The Labute approximate surface area is 194 Å². The first-order valence-corrected chi connectivity index (χ1v) is 10.7. The van der Waals surface area contributed by atoms with Gasteiger partial charge in [0, 0.05) is 41.5 Å². The van der Waals surface area contributed by atoms with E-state index in [-0.39, 0.29) is 24.1 Å². The third kappa shape index (κ3) is 4.45. The number of nitrogens with zero attached hydrogens (tertiary/aromatic N) is 1. The topological polar surface area (TPSA) is 105 Å². The summed E-state index contributed by atoms with van der Waals surface area (Å²) in [5.74, 6) is -5.37. The van der Waals surface area contributed by atoms with E-state index in [0.29, 0.717) is 5.69 Å². The molecule has 0 bridgehead atoms. The quantitative estimate of drug-likeness (QED) is 0.491. The van der Waals surface area contributed by atoms with Gasteiger partial charge in [-0.25, -0.2) is 13.6 Å². The predicted molar refractivity (Wildman–Crippen MR) is 125 cm³/mol. The van der Waals surface area contributed by atoms with Crippen molar-refractivity contribution in [2.45, 2.75) is 12.1 Å². The van der Waals surface area contributed by atoms with Crippen LogP contribution >= 0.6 is 0 Å². The molecule has 1 aliphatic rings. The summed E-state index contributed by atoms with van der Waals surface area (Å²) in [6.45, 7) is -0.384. The number of halogens is 2. The second kappa shape index (κ2) is 9.52. The van der Waals surface area contributed by atoms with Crippen LogP contribution in [0.4, 0.5) is 14.5 Å². The van der Waals surface area contributed by atoms with Crippen molar-refractivity contribution in [2.75, 3.05) is 11.9 Å². The van der Waals surface area contributed by atoms with Crippen molar-refractivity contribution in [2.24, 2.45) is 17.6 Å². The summed E-state index contributed by atoms with van der Waals surface area (Å²) in [7, 11) is 0. The third-order valence-corrected chi connectivity index (χ3v) is 6.16. The number of anilines is 1. The average molecular weight is 463 g/mol. The van der Waals surface area contributed by atoms with E-state index in [9.17, 15) is 19.1 Å². The molecule has 1 amide bonds. The van der Waals surface area contributed by atoms with E-state index in [0.717, 1.165) is 16.8 Å². The number of nitrogens with two attached hydrogens (primary N) is 1. The van der Waals surface area contributed by atoms with Crippen LogP contribution < -0.4 is 11.1 Å². The number of nitrogens with one attached hydrogen (secondary N) is 1. The van der Waals surface area contributed by atoms with Crippen molar-refractivity contribution in [3.63, 3.8) is 0 Å². The van der Waals surface area contributed by atoms with Crippen LogP contribution in [-0.2, 0) is 16.0 Å². The minimum absolute atomic E-state index is 0.149. The van der Waals surface area contributed by atoms with Gasteiger partial charge in [0.2, 0.25) is 5.91 Å². The van der Waals surface area contributed by atoms with Gasteiger partial charge in [0.25, 0.3) is 0 Å². The van der Waals surface area contributed by atoms with Crippen molar-refractivity contribution in [1.82, 2.24) is 4.98 Å². The first kappa shape index (κ1) is 23.3. The van der Waals surface area contributed by atoms with Gasteiger partial charge in [-0.3, -0.25) is 9.78 Å². The minimum Gasteiger partial charge on any atom is -0.478 e. The highest BCUT2D eigenvalue weighted by molar-refractivity contribution is 5.97. The number of pyridine rings is 1. The average Bonchev–Trinajstić information content (AvgIpc) is 2.82. The summed E-state index contributed by atoms with van der Waals surface area (Å²) >= 11 is 0. The molecule has 34 heavy (non-hydrogen) atoms. The van der Waals surface area contributed by atoms with E-state index in [1.54, 1.807) is 42.7 Å². The summed E-state index contributed by atoms with van der Waals surface area (Å²) in [4.78, 5) is 29.2. The standard InChI is InChI=1S/C26H23F2N3O3/c27-23-6-2-1-4-17(23)13-21-20(25(33)34)5-3-10-26(21,28)22(14-29)24(32)31-19-8-7-18-15-30-11-9-16(18)12-19/h1-12,15,21-22H,13-14,29H2,(H,31,32)(H,33,34). The van der Waals surface area contributed by atoms with Crippen LogP contribution in [0, 0.1) is 17.7 Å². The molecule has 174 valence electrons. The lowest BCUT2D eigenvalue weighted by atomic mass is 9.69. The zero-order chi connectivity index (χ0) is 24.3. The molecule has 2 aromatic carbocycles. The maximum absolute atomic E-state index is 16.7. The van der Waals surface area contributed by atoms with Gasteiger partial charge in [-0.05, 0) is 47.7 Å². The molecule has 0 radical (unpaired) electrons. The van der Waals surface area contributed by atoms with Gasteiger partial charge in [0.1, 0.15) is 11.5 Å². The molecule has 3 atom stereocenters. The van der Waals surface area contributed by atoms with Gasteiger partial charge in [0.05, 0.1) is 5.92 Å². The smallest absolute Gasteiger partial charge is 0.331 e. The first-order chi connectivity index (χ1) is 16.3. The van der Waals surface area contributed by atoms with Crippen molar-refractivity contribution < 1.29 is 23.5 Å². The monoisotopic (exact) mass is 463 g/mol. The number of benzene rings is 2. The van der Waals surface area contributed by atoms with Crippen LogP contribution in [0.5, 0.6) is 0 Å². The molecular formula is C26H23F2N3O3. The van der Waals surface area contributed by atoms with Crippen LogP contribution in [0.2, 0.25) is 0 Å². The second-order valence-electron chi connectivity index (χ2n) is 8.18. The van der Waals surface area contributed by atoms with Crippen molar-refractivity contribution in [3.8, 4) is 0 Å². The fraction of sp³-hybridized carbons (Fsp3) is 0.192. The van der Waals surface area contributed by atoms with Crippen LogP contribution in [0.25, 0.3) is 10.8 Å². The molecule has 0 spiro atoms. The number of carbonyl (C=O) groups is 2. The minimum atomic E-state index is -2.45. The Kier molecular flexibility index (Phi) is 6.51. The van der Waals surface area contributed by atoms with Crippen molar-refractivity contribution >= 4 is 28.3 Å². The number of rotatable bonds is 7. The SMILES string of the molecule is NCC(C(=O)Nc1ccc2cnccc2c1)C1(F)C=CC=C(C(=O)O)C1Cc1ccccc1F. The predicted octanol–water partition coefficient (Wildman–Crippen LogP) is 4.04. The van der Waals surface area contributed by atoms with Crippen LogP contribution in [0.1, 0.15) is 5.56 Å². The van der Waals surface area contributed by atoms with Gasteiger partial charge < -0.3 is 16.2 Å². The van der Waals surface area contributed by atoms with E-state index in [1.807, 2.05) is 0 Å². The first-order valence-electron chi connectivity index (χ1n) is 10.7. The van der Waals surface area contributed by atoms with Crippen molar-refractivity contribution in [1.29, 1.82) is 0 Å². The lowest BCUT2D eigenvalue weighted by molar-refractivity contribution is -0.135. The van der Waals surface area contributed by atoms with Crippen LogP contribution in [0.3, 0.4) is 0 Å². The maximum atomic E-state index is 16.7. The maximum Gasteiger partial charge on any atom is 0.331 e. The largest absolute Gasteiger partial charge is 0.478 e. The lowest BCUT2D eigenvalue weighted by Gasteiger charge is -2.39. The molecule has 1 aliphatic carbocycles. The number of carboxylic acids is 1. The molecule has 0 saturated heterocycles. The Hall–Kier alpha value is -3.91. The van der Waals surface area contributed by atoms with Crippen LogP contribution in [-0.4, -0.2) is 34.2 Å². The number of carboxylic acid groups (broad SMARTS) is 1. The number of aliphatic carboxylic acids is 1. The van der Waals surface area contributed by atoms with E-state index < -0.39 is 35.2 Å². The summed E-state index contributed by atoms with van der Waals surface area (Å²) in [6, 6.07) is 12.7. The zero-order valence-electron chi connectivity index (χ0n) is 18.1.